The van der Waals surface area contributed by atoms with Crippen LogP contribution in [0.3, 0.4) is 0 Å². The van der Waals surface area contributed by atoms with Crippen molar-refractivity contribution >= 4 is 38.9 Å². The predicted octanol–water partition coefficient (Wildman–Crippen LogP) is 2.31. The van der Waals surface area contributed by atoms with Crippen molar-refractivity contribution in [3.8, 4) is 0 Å². The summed E-state index contributed by atoms with van der Waals surface area (Å²) in [5, 5.41) is 7.62. The third-order valence-electron chi connectivity index (χ3n) is 4.07. The molecule has 1 heterocycles. The molecular weight excluding hydrogens is 406 g/mol. The van der Waals surface area contributed by atoms with E-state index in [-0.39, 0.29) is 30.1 Å². The molecule has 1 aliphatic rings. The standard InChI is InChI=1S/C18H16F2N4O4S/c1-24-17(25)9-8-16(22-24)18(26)21-11-2-4-12(5-3-11)23-29(27,28)13-6-7-14(19)15(20)10-13/h2-7,10,23H,8-9H2,1H3,(H,21,26). The number of benzene rings is 2. The SMILES string of the molecule is CN1N=C(C(=O)Nc2ccc(NS(=O)(=O)c3ccc(F)c(F)c3)cc2)CCC1=O. The average molecular weight is 422 g/mol. The number of carbonyl (C=O) groups is 2. The molecule has 2 aromatic carbocycles. The minimum absolute atomic E-state index is 0.160. The second kappa shape index (κ2) is 7.95. The van der Waals surface area contributed by atoms with Gasteiger partial charge in [-0.05, 0) is 42.5 Å². The van der Waals surface area contributed by atoms with Crippen molar-refractivity contribution in [2.45, 2.75) is 17.7 Å². The minimum atomic E-state index is -4.12. The lowest BCUT2D eigenvalue weighted by Crippen LogP contribution is -2.34. The Hall–Kier alpha value is -3.34. The first-order valence-corrected chi connectivity index (χ1v) is 9.87. The van der Waals surface area contributed by atoms with E-state index in [1.807, 2.05) is 0 Å². The van der Waals surface area contributed by atoms with Crippen LogP contribution in [-0.4, -0.2) is 38.0 Å². The number of hydrazone groups is 1. The smallest absolute Gasteiger partial charge is 0.271 e. The van der Waals surface area contributed by atoms with Crippen molar-refractivity contribution < 1.29 is 26.8 Å². The van der Waals surface area contributed by atoms with E-state index in [9.17, 15) is 26.8 Å². The van der Waals surface area contributed by atoms with Crippen LogP contribution in [0.25, 0.3) is 0 Å². The second-order valence-electron chi connectivity index (χ2n) is 6.18. The molecule has 11 heteroatoms. The van der Waals surface area contributed by atoms with Crippen molar-refractivity contribution in [2.24, 2.45) is 5.10 Å². The van der Waals surface area contributed by atoms with E-state index < -0.39 is 32.5 Å². The Morgan fingerprint density at radius 3 is 2.31 bits per heavy atom. The number of hydrogen-bond donors (Lipinski definition) is 2. The fraction of sp³-hybridized carbons (Fsp3) is 0.167. The predicted molar refractivity (Wildman–Crippen MR) is 102 cm³/mol. The molecule has 8 nitrogen and oxygen atoms in total. The number of nitrogens with zero attached hydrogens (tertiary/aromatic N) is 2. The first-order valence-electron chi connectivity index (χ1n) is 8.39. The van der Waals surface area contributed by atoms with Crippen molar-refractivity contribution in [1.82, 2.24) is 5.01 Å². The van der Waals surface area contributed by atoms with E-state index in [1.54, 1.807) is 0 Å². The van der Waals surface area contributed by atoms with Crippen LogP contribution in [0.2, 0.25) is 0 Å². The highest BCUT2D eigenvalue weighted by Crippen LogP contribution is 2.20. The van der Waals surface area contributed by atoms with Gasteiger partial charge in [0, 0.05) is 31.3 Å². The number of carbonyl (C=O) groups excluding carboxylic acids is 2. The molecule has 0 atom stereocenters. The fourth-order valence-corrected chi connectivity index (χ4v) is 3.59. The van der Waals surface area contributed by atoms with Gasteiger partial charge in [0.2, 0.25) is 5.91 Å². The van der Waals surface area contributed by atoms with Gasteiger partial charge in [-0.25, -0.2) is 22.2 Å². The third-order valence-corrected chi connectivity index (χ3v) is 5.44. The Morgan fingerprint density at radius 1 is 1.03 bits per heavy atom. The van der Waals surface area contributed by atoms with Crippen LogP contribution in [0.4, 0.5) is 20.2 Å². The summed E-state index contributed by atoms with van der Waals surface area (Å²) < 4.78 is 53.1. The van der Waals surface area contributed by atoms with Gasteiger partial charge in [0.25, 0.3) is 15.9 Å². The van der Waals surface area contributed by atoms with Crippen molar-refractivity contribution in [3.05, 3.63) is 54.1 Å². The Morgan fingerprint density at radius 2 is 1.69 bits per heavy atom. The molecule has 0 fully saturated rings. The summed E-state index contributed by atoms with van der Waals surface area (Å²) >= 11 is 0. The first-order chi connectivity index (χ1) is 13.7. The second-order valence-corrected chi connectivity index (χ2v) is 7.86. The quantitative estimate of drug-likeness (QED) is 0.771. The number of nitrogens with one attached hydrogen (secondary N) is 2. The monoisotopic (exact) mass is 422 g/mol. The number of anilines is 2. The average Bonchev–Trinajstić information content (AvgIpc) is 2.67. The molecule has 0 radical (unpaired) electrons. The molecule has 29 heavy (non-hydrogen) atoms. The number of hydrogen-bond acceptors (Lipinski definition) is 5. The van der Waals surface area contributed by atoms with E-state index in [1.165, 1.54) is 31.3 Å². The number of sulfonamides is 1. The maximum Gasteiger partial charge on any atom is 0.271 e. The minimum Gasteiger partial charge on any atom is -0.321 e. The molecule has 2 aromatic rings. The molecule has 0 unspecified atom stereocenters. The van der Waals surface area contributed by atoms with Gasteiger partial charge in [-0.1, -0.05) is 0 Å². The van der Waals surface area contributed by atoms with Gasteiger partial charge in [-0.3, -0.25) is 14.3 Å². The van der Waals surface area contributed by atoms with Crippen molar-refractivity contribution in [3.63, 3.8) is 0 Å². The van der Waals surface area contributed by atoms with Crippen LogP contribution < -0.4 is 10.0 Å². The zero-order valence-electron chi connectivity index (χ0n) is 15.1. The summed E-state index contributed by atoms with van der Waals surface area (Å²) in [5.41, 5.74) is 0.747. The zero-order chi connectivity index (χ0) is 21.2. The molecule has 152 valence electrons. The van der Waals surface area contributed by atoms with E-state index >= 15 is 0 Å². The summed E-state index contributed by atoms with van der Waals surface area (Å²) in [5.74, 6) is -3.08. The molecule has 2 amide bonds. The maximum absolute atomic E-state index is 13.3. The fourth-order valence-electron chi connectivity index (χ4n) is 2.52. The molecule has 0 spiro atoms. The molecule has 0 aliphatic carbocycles. The summed E-state index contributed by atoms with van der Waals surface area (Å²) in [4.78, 5) is 23.2. The lowest BCUT2D eigenvalue weighted by molar-refractivity contribution is -0.130. The maximum atomic E-state index is 13.3. The van der Waals surface area contributed by atoms with Gasteiger partial charge in [-0.2, -0.15) is 5.10 Å². The number of rotatable bonds is 5. The molecule has 0 saturated carbocycles. The number of amides is 2. The van der Waals surface area contributed by atoms with Crippen LogP contribution in [0.1, 0.15) is 12.8 Å². The molecule has 3 rings (SSSR count). The van der Waals surface area contributed by atoms with Crippen LogP contribution in [0.5, 0.6) is 0 Å². The van der Waals surface area contributed by atoms with Crippen molar-refractivity contribution in [2.75, 3.05) is 17.1 Å². The summed E-state index contributed by atoms with van der Waals surface area (Å²) in [7, 11) is -2.66. The molecular formula is C18H16F2N4O4S. The Bertz CT molecular complexity index is 1100. The van der Waals surface area contributed by atoms with E-state index in [4.69, 9.17) is 0 Å². The Kier molecular flexibility index (Phi) is 5.59. The highest BCUT2D eigenvalue weighted by atomic mass is 32.2. The van der Waals surface area contributed by atoms with Gasteiger partial charge in [-0.15, -0.1) is 0 Å². The topological polar surface area (TPSA) is 108 Å². The molecule has 0 bridgehead atoms. The van der Waals surface area contributed by atoms with Gasteiger partial charge in [0.15, 0.2) is 11.6 Å². The van der Waals surface area contributed by atoms with Gasteiger partial charge < -0.3 is 5.32 Å². The van der Waals surface area contributed by atoms with E-state index in [2.05, 4.69) is 15.1 Å². The largest absolute Gasteiger partial charge is 0.321 e. The van der Waals surface area contributed by atoms with Crippen LogP contribution in [0, 0.1) is 11.6 Å². The van der Waals surface area contributed by atoms with Crippen LogP contribution in [-0.2, 0) is 19.6 Å². The highest BCUT2D eigenvalue weighted by molar-refractivity contribution is 7.92. The highest BCUT2D eigenvalue weighted by Gasteiger charge is 2.22. The summed E-state index contributed by atoms with van der Waals surface area (Å²) in [6.07, 6.45) is 0.411. The first kappa shape index (κ1) is 20.4. The Labute approximate surface area is 165 Å². The normalized spacial score (nSPS) is 14.4. The van der Waals surface area contributed by atoms with Gasteiger partial charge >= 0.3 is 0 Å². The lowest BCUT2D eigenvalue weighted by Gasteiger charge is -2.19. The van der Waals surface area contributed by atoms with Crippen molar-refractivity contribution in [1.29, 1.82) is 0 Å². The van der Waals surface area contributed by atoms with Gasteiger partial charge in [0.05, 0.1) is 4.90 Å². The summed E-state index contributed by atoms with van der Waals surface area (Å²) in [6.45, 7) is 0. The molecule has 2 N–H and O–H groups in total. The molecule has 1 aliphatic heterocycles. The zero-order valence-corrected chi connectivity index (χ0v) is 16.0. The van der Waals surface area contributed by atoms with E-state index in [0.717, 1.165) is 17.1 Å². The lowest BCUT2D eigenvalue weighted by atomic mass is 10.1. The molecule has 0 saturated heterocycles. The van der Waals surface area contributed by atoms with Crippen LogP contribution in [0.15, 0.2) is 52.5 Å². The summed E-state index contributed by atoms with van der Waals surface area (Å²) in [6, 6.07) is 7.96. The number of halogens is 2. The molecule has 0 aromatic heterocycles. The van der Waals surface area contributed by atoms with E-state index in [0.29, 0.717) is 11.8 Å². The Balaban J connectivity index is 1.68. The third kappa shape index (κ3) is 4.74. The van der Waals surface area contributed by atoms with Crippen LogP contribution >= 0.6 is 0 Å². The van der Waals surface area contributed by atoms with Gasteiger partial charge in [0.1, 0.15) is 5.71 Å².